The number of unbranched alkanes of at least 4 members (excludes halogenated alkanes) is 20. The van der Waals surface area contributed by atoms with Crippen molar-refractivity contribution in [1.82, 2.24) is 5.32 Å². The number of nitrogens with one attached hydrogen (secondary N) is 1. The molecule has 0 saturated heterocycles. The number of rotatable bonds is 47. The molecule has 65 heavy (non-hydrogen) atoms. The second-order valence-electron chi connectivity index (χ2n) is 17.9. The van der Waals surface area contributed by atoms with Crippen molar-refractivity contribution >= 4 is 11.9 Å². The smallest absolute Gasteiger partial charge is 0.306 e. The maximum Gasteiger partial charge on any atom is 0.306 e. The molecule has 6 heteroatoms. The summed E-state index contributed by atoms with van der Waals surface area (Å²) in [7, 11) is 0. The third-order valence-corrected chi connectivity index (χ3v) is 11.6. The highest BCUT2D eigenvalue weighted by Gasteiger charge is 2.23. The van der Waals surface area contributed by atoms with E-state index in [-0.39, 0.29) is 24.9 Å². The van der Waals surface area contributed by atoms with Crippen LogP contribution in [0.15, 0.2) is 97.2 Å². The molecule has 6 nitrogen and oxygen atoms in total. The molecule has 3 unspecified atom stereocenters. The molecule has 0 heterocycles. The number of aliphatic hydroxyl groups is 2. The van der Waals surface area contributed by atoms with E-state index in [9.17, 15) is 19.8 Å². The predicted octanol–water partition coefficient (Wildman–Crippen LogP) is 16.5. The quantitative estimate of drug-likeness (QED) is 0.0321. The minimum atomic E-state index is -0.822. The van der Waals surface area contributed by atoms with Gasteiger partial charge in [0.2, 0.25) is 5.91 Å². The zero-order chi connectivity index (χ0) is 47.4. The lowest BCUT2D eigenvalue weighted by molar-refractivity contribution is -0.150. The Morgan fingerprint density at radius 2 is 0.862 bits per heavy atom. The number of carbonyl (C=O) groups is 2. The van der Waals surface area contributed by atoms with Crippen molar-refractivity contribution in [1.29, 1.82) is 0 Å². The lowest BCUT2D eigenvalue weighted by Crippen LogP contribution is -2.46. The first-order valence-corrected chi connectivity index (χ1v) is 27.0. The van der Waals surface area contributed by atoms with Gasteiger partial charge in [0.25, 0.3) is 0 Å². The van der Waals surface area contributed by atoms with Gasteiger partial charge in [0.1, 0.15) is 6.10 Å². The molecule has 0 spiro atoms. The summed E-state index contributed by atoms with van der Waals surface area (Å²) in [6.07, 6.45) is 69.1. The van der Waals surface area contributed by atoms with Crippen LogP contribution in [0.25, 0.3) is 0 Å². The van der Waals surface area contributed by atoms with E-state index >= 15 is 0 Å². The van der Waals surface area contributed by atoms with Gasteiger partial charge in [0.15, 0.2) is 0 Å². The summed E-state index contributed by atoms with van der Waals surface area (Å²) in [5, 5.41) is 23.8. The Bertz CT molecular complexity index is 1290. The Labute approximate surface area is 401 Å². The third kappa shape index (κ3) is 47.1. The average molecular weight is 904 g/mol. The van der Waals surface area contributed by atoms with Gasteiger partial charge in [-0.15, -0.1) is 0 Å². The molecule has 0 saturated carbocycles. The average Bonchev–Trinajstić information content (AvgIpc) is 3.30. The Balaban J connectivity index is 4.75. The third-order valence-electron chi connectivity index (χ3n) is 11.6. The minimum Gasteiger partial charge on any atom is -0.461 e. The van der Waals surface area contributed by atoms with Crippen LogP contribution in [-0.4, -0.2) is 46.9 Å². The minimum absolute atomic E-state index is 0.0161. The standard InChI is InChI=1S/C59H101NO5/c1-4-7-10-13-16-19-22-25-28-31-34-37-40-43-46-49-52-59(64)65-55(50-47-44-41-38-35-32-29-26-23-20-17-14-11-8-5-2)53-58(63)60-56(54-61)57(62)51-48-45-42-39-36-33-30-27-24-21-18-15-12-9-6-3/h7,10,16-17,19-20,25-26,28-29,34-35,37-38,44,47,55-57,61-62H,4-6,8-9,11-15,18,21-24,27,30-33,36,39-43,45-46,48-54H2,1-3H3,(H,60,63)/b10-7+,19-16+,20-17-,28-25+,29-26-,37-34+,38-35-,47-44-. The summed E-state index contributed by atoms with van der Waals surface area (Å²) in [5.74, 6) is -0.618. The van der Waals surface area contributed by atoms with Crippen molar-refractivity contribution < 1.29 is 24.5 Å². The molecule has 3 N–H and O–H groups in total. The fourth-order valence-corrected chi connectivity index (χ4v) is 7.58. The van der Waals surface area contributed by atoms with Gasteiger partial charge in [-0.25, -0.2) is 0 Å². The topological polar surface area (TPSA) is 95.9 Å². The highest BCUT2D eigenvalue weighted by molar-refractivity contribution is 5.77. The molecule has 0 bridgehead atoms. The summed E-state index contributed by atoms with van der Waals surface area (Å²) in [4.78, 5) is 26.2. The van der Waals surface area contributed by atoms with E-state index in [1.807, 2.05) is 12.2 Å². The van der Waals surface area contributed by atoms with Crippen LogP contribution in [0.4, 0.5) is 0 Å². The first-order chi connectivity index (χ1) is 32.0. The van der Waals surface area contributed by atoms with Gasteiger partial charge in [0, 0.05) is 12.8 Å². The molecule has 0 fully saturated rings. The Kier molecular flexibility index (Phi) is 49.2. The number of aliphatic hydroxyl groups excluding tert-OH is 2. The normalized spacial score (nSPS) is 14.0. The number of esters is 1. The molecule has 0 aliphatic heterocycles. The first-order valence-electron chi connectivity index (χ1n) is 27.0. The Hall–Kier alpha value is -3.22. The summed E-state index contributed by atoms with van der Waals surface area (Å²) in [5.41, 5.74) is 0. The van der Waals surface area contributed by atoms with Gasteiger partial charge in [-0.3, -0.25) is 9.59 Å². The molecule has 0 aromatic carbocycles. The van der Waals surface area contributed by atoms with Crippen molar-refractivity contribution in [2.45, 2.75) is 257 Å². The van der Waals surface area contributed by atoms with Crippen LogP contribution in [0.5, 0.6) is 0 Å². The molecule has 0 aromatic rings. The number of amides is 1. The molecule has 0 aliphatic carbocycles. The number of hydrogen-bond donors (Lipinski definition) is 3. The maximum absolute atomic E-state index is 13.2. The van der Waals surface area contributed by atoms with E-state index < -0.39 is 18.2 Å². The SMILES string of the molecule is CC/C=C/C/C=C/C/C=C/C/C=C/CCCCCC(=O)OC(C/C=C\C/C=C\C/C=C\C/C=C\CCCCC)CC(=O)NC(CO)C(O)CCCCCCCCCCCCCCCCC. The van der Waals surface area contributed by atoms with E-state index in [0.29, 0.717) is 19.3 Å². The monoisotopic (exact) mass is 904 g/mol. The van der Waals surface area contributed by atoms with E-state index in [0.717, 1.165) is 89.9 Å². The molecule has 0 radical (unpaired) electrons. The second-order valence-corrected chi connectivity index (χ2v) is 17.9. The van der Waals surface area contributed by atoms with Gasteiger partial charge in [-0.05, 0) is 83.5 Å². The van der Waals surface area contributed by atoms with Crippen LogP contribution in [0.3, 0.4) is 0 Å². The van der Waals surface area contributed by atoms with Crippen LogP contribution in [0, 0.1) is 0 Å². The maximum atomic E-state index is 13.2. The van der Waals surface area contributed by atoms with Crippen LogP contribution >= 0.6 is 0 Å². The number of ether oxygens (including phenoxy) is 1. The summed E-state index contributed by atoms with van der Waals surface area (Å²) < 4.78 is 5.86. The van der Waals surface area contributed by atoms with Gasteiger partial charge < -0.3 is 20.3 Å². The molecular weight excluding hydrogens is 803 g/mol. The number of hydrogen-bond acceptors (Lipinski definition) is 5. The van der Waals surface area contributed by atoms with Crippen molar-refractivity contribution in [3.05, 3.63) is 97.2 Å². The van der Waals surface area contributed by atoms with E-state index in [2.05, 4.69) is 111 Å². The van der Waals surface area contributed by atoms with Crippen LogP contribution in [0.2, 0.25) is 0 Å². The number of allylic oxidation sites excluding steroid dienone is 15. The van der Waals surface area contributed by atoms with Crippen LogP contribution in [-0.2, 0) is 14.3 Å². The van der Waals surface area contributed by atoms with E-state index in [1.165, 1.54) is 103 Å². The lowest BCUT2D eigenvalue weighted by atomic mass is 10.0. The zero-order valence-corrected chi connectivity index (χ0v) is 42.3. The zero-order valence-electron chi connectivity index (χ0n) is 42.3. The highest BCUT2D eigenvalue weighted by Crippen LogP contribution is 2.16. The Morgan fingerprint density at radius 1 is 0.477 bits per heavy atom. The Morgan fingerprint density at radius 3 is 1.32 bits per heavy atom. The molecule has 1 amide bonds. The van der Waals surface area contributed by atoms with Crippen LogP contribution < -0.4 is 5.32 Å². The van der Waals surface area contributed by atoms with Crippen molar-refractivity contribution in [2.75, 3.05) is 6.61 Å². The predicted molar refractivity (Wildman–Crippen MR) is 282 cm³/mol. The van der Waals surface area contributed by atoms with E-state index in [4.69, 9.17) is 4.74 Å². The van der Waals surface area contributed by atoms with Crippen molar-refractivity contribution in [3.63, 3.8) is 0 Å². The summed E-state index contributed by atoms with van der Waals surface area (Å²) in [6, 6.07) is -0.743. The molecule has 372 valence electrons. The van der Waals surface area contributed by atoms with E-state index in [1.54, 1.807) is 0 Å². The number of carbonyl (C=O) groups excluding carboxylic acids is 2. The fraction of sp³-hybridized carbons (Fsp3) is 0.695. The molecule has 0 rings (SSSR count). The molecular formula is C59H101NO5. The van der Waals surface area contributed by atoms with Crippen molar-refractivity contribution in [2.24, 2.45) is 0 Å². The van der Waals surface area contributed by atoms with Gasteiger partial charge in [0.05, 0.1) is 25.2 Å². The molecule has 0 aromatic heterocycles. The summed E-state index contributed by atoms with van der Waals surface area (Å²) in [6.45, 7) is 6.31. The first kappa shape index (κ1) is 61.8. The molecule has 3 atom stereocenters. The largest absolute Gasteiger partial charge is 0.461 e. The van der Waals surface area contributed by atoms with Crippen molar-refractivity contribution in [3.8, 4) is 0 Å². The van der Waals surface area contributed by atoms with Gasteiger partial charge >= 0.3 is 5.97 Å². The lowest BCUT2D eigenvalue weighted by Gasteiger charge is -2.24. The highest BCUT2D eigenvalue weighted by atomic mass is 16.5. The van der Waals surface area contributed by atoms with Gasteiger partial charge in [-0.1, -0.05) is 234 Å². The second kappa shape index (κ2) is 51.8. The summed E-state index contributed by atoms with van der Waals surface area (Å²) >= 11 is 0. The van der Waals surface area contributed by atoms with Crippen LogP contribution in [0.1, 0.15) is 239 Å². The fourth-order valence-electron chi connectivity index (χ4n) is 7.58. The molecule has 0 aliphatic rings. The van der Waals surface area contributed by atoms with Gasteiger partial charge in [-0.2, -0.15) is 0 Å².